The van der Waals surface area contributed by atoms with Crippen molar-refractivity contribution in [3.05, 3.63) is 24.0 Å². The van der Waals surface area contributed by atoms with E-state index in [1.165, 1.54) is 0 Å². The molecule has 0 unspecified atom stereocenters. The topological polar surface area (TPSA) is 53.4 Å². The summed E-state index contributed by atoms with van der Waals surface area (Å²) < 4.78 is 0. The maximum Gasteiger partial charge on any atom is 0.490 e. The van der Waals surface area contributed by atoms with Crippen LogP contribution < -0.4 is 5.46 Å². The first kappa shape index (κ1) is 12.4. The monoisotopic (exact) mass is 201 g/mol. The summed E-state index contributed by atoms with van der Waals surface area (Å²) in [6.07, 6.45) is 1.65. The van der Waals surface area contributed by atoms with Crippen molar-refractivity contribution in [2.45, 2.75) is 19.8 Å². The van der Waals surface area contributed by atoms with Gasteiger partial charge < -0.3 is 10.0 Å². The largest absolute Gasteiger partial charge is 0.490 e. The van der Waals surface area contributed by atoms with Gasteiger partial charge in [-0.1, -0.05) is 19.9 Å². The van der Waals surface area contributed by atoms with Crippen molar-refractivity contribution < 1.29 is 10.0 Å². The van der Waals surface area contributed by atoms with Gasteiger partial charge in [-0.05, 0) is 12.0 Å². The lowest BCUT2D eigenvalue weighted by molar-refractivity contribution is 0.425. The van der Waals surface area contributed by atoms with Crippen LogP contribution in [0.25, 0.3) is 0 Å². The summed E-state index contributed by atoms with van der Waals surface area (Å²) in [5, 5.41) is 17.9. The Morgan fingerprint density at radius 2 is 2.00 bits per heavy atom. The predicted octanol–water partition coefficient (Wildman–Crippen LogP) is 0.307. The number of nitrogens with zero attached hydrogens (tertiary/aromatic N) is 1. The molecule has 0 amide bonds. The number of halogens is 1. The SMILES string of the molecule is CC(C)c1ncccc1B(O)O.Cl. The Hall–Kier alpha value is -0.575. The molecule has 3 nitrogen and oxygen atoms in total. The number of pyridine rings is 1. The van der Waals surface area contributed by atoms with E-state index >= 15 is 0 Å². The Labute approximate surface area is 84.4 Å². The van der Waals surface area contributed by atoms with Gasteiger partial charge in [-0.25, -0.2) is 0 Å². The Kier molecular flexibility index (Phi) is 4.99. The molecule has 1 aromatic rings. The maximum atomic E-state index is 8.97. The van der Waals surface area contributed by atoms with Gasteiger partial charge in [-0.3, -0.25) is 4.98 Å². The lowest BCUT2D eigenvalue weighted by atomic mass is 9.77. The number of hydrogen-bond acceptors (Lipinski definition) is 3. The normalized spacial score (nSPS) is 9.62. The van der Waals surface area contributed by atoms with Crippen LogP contribution in [-0.4, -0.2) is 22.2 Å². The Bertz CT molecular complexity index is 241. The molecule has 0 aliphatic carbocycles. The summed E-state index contributed by atoms with van der Waals surface area (Å²) in [4.78, 5) is 4.08. The fraction of sp³-hybridized carbons (Fsp3) is 0.375. The molecule has 2 N–H and O–H groups in total. The molecule has 72 valence electrons. The van der Waals surface area contributed by atoms with Gasteiger partial charge in [0.15, 0.2) is 0 Å². The number of hydrogen-bond donors (Lipinski definition) is 2. The summed E-state index contributed by atoms with van der Waals surface area (Å²) in [6, 6.07) is 3.37. The fourth-order valence-corrected chi connectivity index (χ4v) is 1.13. The standard InChI is InChI=1S/C8H12BNO2.ClH/c1-6(2)8-7(9(11)12)4-3-5-10-8;/h3-6,11-12H,1-2H3;1H. The Morgan fingerprint density at radius 3 is 2.38 bits per heavy atom. The van der Waals surface area contributed by atoms with Crippen molar-refractivity contribution in [3.8, 4) is 0 Å². The minimum absolute atomic E-state index is 0. The molecule has 0 saturated heterocycles. The first-order valence-corrected chi connectivity index (χ1v) is 3.94. The third-order valence-electron chi connectivity index (χ3n) is 1.70. The van der Waals surface area contributed by atoms with Crippen molar-refractivity contribution in [1.29, 1.82) is 0 Å². The molecule has 5 heteroatoms. The van der Waals surface area contributed by atoms with Crippen LogP contribution >= 0.6 is 12.4 Å². The molecule has 0 radical (unpaired) electrons. The summed E-state index contributed by atoms with van der Waals surface area (Å²) in [6.45, 7) is 3.93. The molecule has 0 spiro atoms. The van der Waals surface area contributed by atoms with E-state index < -0.39 is 7.12 Å². The molecule has 1 rings (SSSR count). The van der Waals surface area contributed by atoms with Crippen LogP contribution in [0, 0.1) is 0 Å². The van der Waals surface area contributed by atoms with Gasteiger partial charge in [0, 0.05) is 17.4 Å². The van der Waals surface area contributed by atoms with E-state index in [2.05, 4.69) is 4.98 Å². The molecule has 1 heterocycles. The molecule has 0 saturated carbocycles. The third kappa shape index (κ3) is 2.99. The van der Waals surface area contributed by atoms with Crippen molar-refractivity contribution >= 4 is 25.0 Å². The first-order valence-electron chi connectivity index (χ1n) is 3.94. The van der Waals surface area contributed by atoms with Crippen molar-refractivity contribution in [1.82, 2.24) is 4.98 Å². The van der Waals surface area contributed by atoms with Crippen molar-refractivity contribution in [2.24, 2.45) is 0 Å². The zero-order chi connectivity index (χ0) is 9.14. The van der Waals surface area contributed by atoms with Gasteiger partial charge in [0.25, 0.3) is 0 Å². The van der Waals surface area contributed by atoms with Gasteiger partial charge in [0.2, 0.25) is 0 Å². The third-order valence-corrected chi connectivity index (χ3v) is 1.70. The highest BCUT2D eigenvalue weighted by Gasteiger charge is 2.17. The number of aromatic nitrogens is 1. The maximum absolute atomic E-state index is 8.97. The zero-order valence-electron chi connectivity index (χ0n) is 7.64. The van der Waals surface area contributed by atoms with Crippen LogP contribution in [-0.2, 0) is 0 Å². The average Bonchev–Trinajstić information content (AvgIpc) is 2.04. The van der Waals surface area contributed by atoms with Crippen molar-refractivity contribution in [2.75, 3.05) is 0 Å². The van der Waals surface area contributed by atoms with Gasteiger partial charge in [0.1, 0.15) is 0 Å². The second-order valence-corrected chi connectivity index (χ2v) is 3.01. The zero-order valence-corrected chi connectivity index (χ0v) is 8.45. The highest BCUT2D eigenvalue weighted by atomic mass is 35.5. The molecule has 0 aromatic carbocycles. The molecule has 0 fully saturated rings. The summed E-state index contributed by atoms with van der Waals surface area (Å²) in [5.74, 6) is 0.211. The summed E-state index contributed by atoms with van der Waals surface area (Å²) in [7, 11) is -1.42. The molecule has 13 heavy (non-hydrogen) atoms. The van der Waals surface area contributed by atoms with E-state index in [4.69, 9.17) is 10.0 Å². The lowest BCUT2D eigenvalue weighted by Crippen LogP contribution is -2.34. The molecular formula is C8H13BClNO2. The van der Waals surface area contributed by atoms with Crippen LogP contribution in [0.4, 0.5) is 0 Å². The summed E-state index contributed by atoms with van der Waals surface area (Å²) >= 11 is 0. The van der Waals surface area contributed by atoms with E-state index in [-0.39, 0.29) is 18.3 Å². The quantitative estimate of drug-likeness (QED) is 0.677. The summed E-state index contributed by atoms with van der Waals surface area (Å²) in [5.41, 5.74) is 1.24. The molecule has 0 aliphatic rings. The van der Waals surface area contributed by atoms with Crippen LogP contribution in [0.15, 0.2) is 18.3 Å². The van der Waals surface area contributed by atoms with Gasteiger partial charge in [-0.2, -0.15) is 0 Å². The smallest absolute Gasteiger partial charge is 0.423 e. The number of rotatable bonds is 2. The predicted molar refractivity (Wildman–Crippen MR) is 55.4 cm³/mol. The molecule has 0 aliphatic heterocycles. The van der Waals surface area contributed by atoms with E-state index in [0.717, 1.165) is 5.69 Å². The second kappa shape index (κ2) is 5.22. The lowest BCUT2D eigenvalue weighted by Gasteiger charge is -2.09. The minimum atomic E-state index is -1.42. The highest BCUT2D eigenvalue weighted by Crippen LogP contribution is 2.07. The van der Waals surface area contributed by atoms with Crippen LogP contribution in [0.3, 0.4) is 0 Å². The van der Waals surface area contributed by atoms with Gasteiger partial charge in [-0.15, -0.1) is 12.4 Å². The molecular weight excluding hydrogens is 188 g/mol. The van der Waals surface area contributed by atoms with E-state index in [1.807, 2.05) is 13.8 Å². The van der Waals surface area contributed by atoms with Gasteiger partial charge >= 0.3 is 7.12 Å². The van der Waals surface area contributed by atoms with Gasteiger partial charge in [0.05, 0.1) is 0 Å². The van der Waals surface area contributed by atoms with E-state index in [1.54, 1.807) is 18.3 Å². The van der Waals surface area contributed by atoms with Crippen LogP contribution in [0.2, 0.25) is 0 Å². The average molecular weight is 201 g/mol. The minimum Gasteiger partial charge on any atom is -0.423 e. The van der Waals surface area contributed by atoms with Crippen molar-refractivity contribution in [3.63, 3.8) is 0 Å². The first-order chi connectivity index (χ1) is 5.63. The highest BCUT2D eigenvalue weighted by molar-refractivity contribution is 6.59. The fourth-order valence-electron chi connectivity index (χ4n) is 1.13. The Balaban J connectivity index is 0.00000144. The molecule has 0 bridgehead atoms. The molecule has 0 atom stereocenters. The Morgan fingerprint density at radius 1 is 1.38 bits per heavy atom. The van der Waals surface area contributed by atoms with Crippen LogP contribution in [0.1, 0.15) is 25.5 Å². The second-order valence-electron chi connectivity index (χ2n) is 3.01. The van der Waals surface area contributed by atoms with E-state index in [9.17, 15) is 0 Å². The van der Waals surface area contributed by atoms with E-state index in [0.29, 0.717) is 5.46 Å². The molecule has 1 aromatic heterocycles. The van der Waals surface area contributed by atoms with Crippen LogP contribution in [0.5, 0.6) is 0 Å².